The Bertz CT molecular complexity index is 1300. The van der Waals surface area contributed by atoms with Gasteiger partial charge in [0.15, 0.2) is 5.16 Å². The molecule has 2 aromatic carbocycles. The molecule has 4 rings (SSSR count). The second-order valence-corrected chi connectivity index (χ2v) is 9.95. The van der Waals surface area contributed by atoms with Gasteiger partial charge in [-0.25, -0.2) is 4.98 Å². The highest BCUT2D eigenvalue weighted by Crippen LogP contribution is 2.31. The van der Waals surface area contributed by atoms with Crippen molar-refractivity contribution in [2.75, 3.05) is 12.4 Å². The molecule has 0 atom stereocenters. The monoisotopic (exact) mass is 481 g/mol. The van der Waals surface area contributed by atoms with Crippen molar-refractivity contribution in [3.8, 4) is 0 Å². The van der Waals surface area contributed by atoms with E-state index < -0.39 is 0 Å². The number of benzene rings is 2. The van der Waals surface area contributed by atoms with Crippen LogP contribution in [0.25, 0.3) is 20.3 Å². The number of thioether (sulfide) groups is 1. The number of aromatic nitrogens is 2. The molecule has 0 radical (unpaired) electrons. The average molecular weight is 482 g/mol. The zero-order chi connectivity index (χ0) is 23.2. The molecule has 33 heavy (non-hydrogen) atoms. The molecular formula is C25H27N3O3S2. The lowest BCUT2D eigenvalue weighted by Crippen LogP contribution is -2.27. The number of hydrogen-bond acceptors (Lipinski definition) is 6. The Kier molecular flexibility index (Phi) is 7.80. The van der Waals surface area contributed by atoms with Crippen LogP contribution >= 0.6 is 23.1 Å². The quantitative estimate of drug-likeness (QED) is 0.199. The summed E-state index contributed by atoms with van der Waals surface area (Å²) in [7, 11) is 0. The smallest absolute Gasteiger partial charge is 0.272 e. The van der Waals surface area contributed by atoms with Crippen LogP contribution in [-0.4, -0.2) is 33.9 Å². The maximum Gasteiger partial charge on any atom is 0.272 e. The highest BCUT2D eigenvalue weighted by molar-refractivity contribution is 7.99. The highest BCUT2D eigenvalue weighted by Gasteiger charge is 2.17. The number of carbonyl (C=O) groups excluding carboxylic acids is 1. The van der Waals surface area contributed by atoms with Gasteiger partial charge in [0, 0.05) is 29.8 Å². The van der Waals surface area contributed by atoms with E-state index in [1.54, 1.807) is 4.57 Å². The topological polar surface area (TPSA) is 73.2 Å². The standard InChI is InChI=1S/C25H27N3O3S2/c1-17(2)31-14-8-13-28-24(30)23-22(19-11-6-7-12-20(19)33-23)27-25(28)32-16-21(29)26-15-18-9-4-3-5-10-18/h3-7,9-12,17H,8,13-16H2,1-2H3,(H,26,29). The fraction of sp³-hybridized carbons (Fsp3) is 0.320. The Morgan fingerprint density at radius 3 is 2.70 bits per heavy atom. The van der Waals surface area contributed by atoms with Crippen LogP contribution in [0.1, 0.15) is 25.8 Å². The minimum atomic E-state index is -0.0944. The van der Waals surface area contributed by atoms with Crippen LogP contribution < -0.4 is 10.9 Å². The Hall–Kier alpha value is -2.68. The summed E-state index contributed by atoms with van der Waals surface area (Å²) >= 11 is 2.77. The van der Waals surface area contributed by atoms with Crippen LogP contribution in [0.15, 0.2) is 64.5 Å². The molecule has 1 N–H and O–H groups in total. The number of hydrogen-bond donors (Lipinski definition) is 1. The zero-order valence-corrected chi connectivity index (χ0v) is 20.4. The van der Waals surface area contributed by atoms with E-state index in [0.717, 1.165) is 15.6 Å². The average Bonchev–Trinajstić information content (AvgIpc) is 3.20. The zero-order valence-electron chi connectivity index (χ0n) is 18.7. The lowest BCUT2D eigenvalue weighted by atomic mass is 10.2. The number of nitrogens with zero attached hydrogens (tertiary/aromatic N) is 2. The van der Waals surface area contributed by atoms with E-state index in [1.807, 2.05) is 68.4 Å². The predicted octanol–water partition coefficient (Wildman–Crippen LogP) is 4.83. The Labute approximate surface area is 201 Å². The third-order valence-corrected chi connectivity index (χ3v) is 7.21. The number of fused-ring (bicyclic) bond motifs is 3. The summed E-state index contributed by atoms with van der Waals surface area (Å²) in [5.74, 6) is 0.0954. The van der Waals surface area contributed by atoms with Crippen molar-refractivity contribution < 1.29 is 9.53 Å². The molecule has 0 fully saturated rings. The van der Waals surface area contributed by atoms with Crippen LogP contribution in [0.4, 0.5) is 0 Å². The van der Waals surface area contributed by atoms with Gasteiger partial charge < -0.3 is 10.1 Å². The Balaban J connectivity index is 1.55. The van der Waals surface area contributed by atoms with Crippen molar-refractivity contribution in [2.24, 2.45) is 0 Å². The summed E-state index contributed by atoms with van der Waals surface area (Å²) in [6.07, 6.45) is 0.844. The van der Waals surface area contributed by atoms with Crippen molar-refractivity contribution in [2.45, 2.75) is 44.6 Å². The SMILES string of the molecule is CC(C)OCCCn1c(SCC(=O)NCc2ccccc2)nc2c(sc3ccccc32)c1=O. The normalized spacial score (nSPS) is 11.5. The summed E-state index contributed by atoms with van der Waals surface area (Å²) in [6.45, 7) is 5.52. The van der Waals surface area contributed by atoms with E-state index in [-0.39, 0.29) is 23.3 Å². The van der Waals surface area contributed by atoms with Crippen molar-refractivity contribution in [3.63, 3.8) is 0 Å². The highest BCUT2D eigenvalue weighted by atomic mass is 32.2. The molecule has 2 heterocycles. The number of ether oxygens (including phenoxy) is 1. The Morgan fingerprint density at radius 1 is 1.15 bits per heavy atom. The first-order chi connectivity index (χ1) is 16.0. The molecule has 8 heteroatoms. The predicted molar refractivity (Wildman–Crippen MR) is 136 cm³/mol. The second kappa shape index (κ2) is 11.0. The molecule has 1 amide bonds. The molecule has 6 nitrogen and oxygen atoms in total. The van der Waals surface area contributed by atoms with E-state index in [0.29, 0.717) is 41.5 Å². The maximum absolute atomic E-state index is 13.4. The summed E-state index contributed by atoms with van der Waals surface area (Å²) in [5, 5.41) is 4.47. The maximum atomic E-state index is 13.4. The van der Waals surface area contributed by atoms with Crippen LogP contribution in [0, 0.1) is 0 Å². The summed E-state index contributed by atoms with van der Waals surface area (Å²) < 4.78 is 9.03. The molecule has 0 saturated heterocycles. The van der Waals surface area contributed by atoms with Crippen molar-refractivity contribution in [3.05, 3.63) is 70.5 Å². The van der Waals surface area contributed by atoms with Crippen LogP contribution in [-0.2, 0) is 22.6 Å². The number of rotatable bonds is 10. The van der Waals surface area contributed by atoms with E-state index >= 15 is 0 Å². The molecule has 0 spiro atoms. The summed E-state index contributed by atoms with van der Waals surface area (Å²) in [6, 6.07) is 17.7. The van der Waals surface area contributed by atoms with Gasteiger partial charge >= 0.3 is 0 Å². The minimum Gasteiger partial charge on any atom is -0.379 e. The van der Waals surface area contributed by atoms with Gasteiger partial charge in [0.05, 0.1) is 17.4 Å². The van der Waals surface area contributed by atoms with Gasteiger partial charge in [-0.2, -0.15) is 0 Å². The summed E-state index contributed by atoms with van der Waals surface area (Å²) in [4.78, 5) is 30.7. The van der Waals surface area contributed by atoms with Gasteiger partial charge in [-0.1, -0.05) is 60.3 Å². The van der Waals surface area contributed by atoms with Gasteiger partial charge in [-0.3, -0.25) is 14.2 Å². The summed E-state index contributed by atoms with van der Waals surface area (Å²) in [5.41, 5.74) is 1.70. The number of carbonyl (C=O) groups is 1. The van der Waals surface area contributed by atoms with E-state index in [4.69, 9.17) is 9.72 Å². The van der Waals surface area contributed by atoms with E-state index in [9.17, 15) is 9.59 Å². The first-order valence-electron chi connectivity index (χ1n) is 11.0. The molecule has 0 saturated carbocycles. The van der Waals surface area contributed by atoms with E-state index in [1.165, 1.54) is 23.1 Å². The fourth-order valence-electron chi connectivity index (χ4n) is 3.48. The van der Waals surface area contributed by atoms with Crippen LogP contribution in [0.2, 0.25) is 0 Å². The number of amides is 1. The lowest BCUT2D eigenvalue weighted by Gasteiger charge is -2.13. The first-order valence-corrected chi connectivity index (χ1v) is 12.8. The van der Waals surface area contributed by atoms with Crippen molar-refractivity contribution >= 4 is 49.3 Å². The Morgan fingerprint density at radius 2 is 1.91 bits per heavy atom. The molecule has 0 bridgehead atoms. The fourth-order valence-corrected chi connectivity index (χ4v) is 5.42. The molecule has 0 aliphatic carbocycles. The molecular weight excluding hydrogens is 454 g/mol. The largest absolute Gasteiger partial charge is 0.379 e. The van der Waals surface area contributed by atoms with Gasteiger partial charge in [-0.05, 0) is 31.9 Å². The molecule has 0 aliphatic rings. The number of thiophene rings is 1. The van der Waals surface area contributed by atoms with Crippen LogP contribution in [0.5, 0.6) is 0 Å². The van der Waals surface area contributed by atoms with E-state index in [2.05, 4.69) is 5.32 Å². The second-order valence-electron chi connectivity index (χ2n) is 7.95. The molecule has 2 aromatic heterocycles. The van der Waals surface area contributed by atoms with Gasteiger partial charge in [0.1, 0.15) is 4.70 Å². The molecule has 0 aliphatic heterocycles. The van der Waals surface area contributed by atoms with Gasteiger partial charge in [0.25, 0.3) is 5.56 Å². The van der Waals surface area contributed by atoms with Gasteiger partial charge in [0.2, 0.25) is 5.91 Å². The van der Waals surface area contributed by atoms with Gasteiger partial charge in [-0.15, -0.1) is 11.3 Å². The molecule has 4 aromatic rings. The van der Waals surface area contributed by atoms with Crippen LogP contribution in [0.3, 0.4) is 0 Å². The lowest BCUT2D eigenvalue weighted by molar-refractivity contribution is -0.118. The molecule has 172 valence electrons. The van der Waals surface area contributed by atoms with Crippen molar-refractivity contribution in [1.82, 2.24) is 14.9 Å². The third kappa shape index (κ3) is 5.82. The molecule has 0 unspecified atom stereocenters. The third-order valence-electron chi connectivity index (χ3n) is 5.09. The first kappa shape index (κ1) is 23.5. The van der Waals surface area contributed by atoms with Crippen molar-refractivity contribution in [1.29, 1.82) is 0 Å². The minimum absolute atomic E-state index is 0.0575. The number of nitrogens with one attached hydrogen (secondary N) is 1.